The van der Waals surface area contributed by atoms with Crippen molar-refractivity contribution >= 4 is 40.7 Å². The second-order valence-corrected chi connectivity index (χ2v) is 6.04. The SMILES string of the molecule is Cc1ccc(SCC(=O)c2cc(Cl)ccc2Cl)cc1. The van der Waals surface area contributed by atoms with Crippen LogP contribution in [-0.4, -0.2) is 11.5 Å². The third-order valence-corrected chi connectivity index (χ3v) is 4.20. The van der Waals surface area contributed by atoms with Gasteiger partial charge in [-0.15, -0.1) is 11.8 Å². The van der Waals surface area contributed by atoms with Gasteiger partial charge >= 0.3 is 0 Å². The van der Waals surface area contributed by atoms with Gasteiger partial charge in [0, 0.05) is 15.5 Å². The van der Waals surface area contributed by atoms with E-state index in [1.165, 1.54) is 17.3 Å². The largest absolute Gasteiger partial charge is 0.293 e. The van der Waals surface area contributed by atoms with Crippen LogP contribution in [0.25, 0.3) is 0 Å². The number of benzene rings is 2. The van der Waals surface area contributed by atoms with Gasteiger partial charge in [0.05, 0.1) is 10.8 Å². The number of thioether (sulfide) groups is 1. The first kappa shape index (κ1) is 14.4. The fraction of sp³-hybridized carbons (Fsp3) is 0.133. The number of halogens is 2. The van der Waals surface area contributed by atoms with E-state index in [9.17, 15) is 4.79 Å². The molecule has 0 heterocycles. The van der Waals surface area contributed by atoms with Gasteiger partial charge < -0.3 is 0 Å². The highest BCUT2D eigenvalue weighted by atomic mass is 35.5. The summed E-state index contributed by atoms with van der Waals surface area (Å²) >= 11 is 13.4. The fourth-order valence-corrected chi connectivity index (χ4v) is 2.75. The standard InChI is InChI=1S/C15H12Cl2OS/c1-10-2-5-12(6-3-10)19-9-15(18)13-8-11(16)4-7-14(13)17/h2-8H,9H2,1H3. The van der Waals surface area contributed by atoms with Crippen LogP contribution in [-0.2, 0) is 0 Å². The van der Waals surface area contributed by atoms with Crippen molar-refractivity contribution in [2.45, 2.75) is 11.8 Å². The van der Waals surface area contributed by atoms with Crippen molar-refractivity contribution in [1.29, 1.82) is 0 Å². The van der Waals surface area contributed by atoms with Crippen LogP contribution < -0.4 is 0 Å². The molecule has 0 saturated heterocycles. The van der Waals surface area contributed by atoms with Crippen LogP contribution in [0.2, 0.25) is 10.0 Å². The lowest BCUT2D eigenvalue weighted by Crippen LogP contribution is -2.03. The van der Waals surface area contributed by atoms with Crippen molar-refractivity contribution in [3.63, 3.8) is 0 Å². The number of hydrogen-bond donors (Lipinski definition) is 0. The summed E-state index contributed by atoms with van der Waals surface area (Å²) in [5, 5.41) is 0.965. The molecule has 0 aliphatic rings. The van der Waals surface area contributed by atoms with Crippen LogP contribution in [0.4, 0.5) is 0 Å². The zero-order valence-corrected chi connectivity index (χ0v) is 12.6. The van der Waals surface area contributed by atoms with Crippen molar-refractivity contribution in [1.82, 2.24) is 0 Å². The highest BCUT2D eigenvalue weighted by Crippen LogP contribution is 2.24. The zero-order chi connectivity index (χ0) is 13.8. The molecule has 0 atom stereocenters. The number of rotatable bonds is 4. The topological polar surface area (TPSA) is 17.1 Å². The molecule has 0 saturated carbocycles. The van der Waals surface area contributed by atoms with Gasteiger partial charge in [-0.05, 0) is 37.3 Å². The summed E-state index contributed by atoms with van der Waals surface area (Å²) in [6.45, 7) is 2.03. The fourth-order valence-electron chi connectivity index (χ4n) is 1.57. The molecular weight excluding hydrogens is 299 g/mol. The Morgan fingerprint density at radius 1 is 1.11 bits per heavy atom. The van der Waals surface area contributed by atoms with Gasteiger partial charge in [0.15, 0.2) is 5.78 Å². The van der Waals surface area contributed by atoms with E-state index in [-0.39, 0.29) is 5.78 Å². The Hall–Kier alpha value is -0.960. The smallest absolute Gasteiger partial charge is 0.174 e. The van der Waals surface area contributed by atoms with Gasteiger partial charge in [-0.3, -0.25) is 4.79 Å². The number of hydrogen-bond acceptors (Lipinski definition) is 2. The number of Topliss-reactive ketones (excluding diaryl/α,β-unsaturated/α-hetero) is 1. The molecule has 98 valence electrons. The number of carbonyl (C=O) groups excluding carboxylic acids is 1. The summed E-state index contributed by atoms with van der Waals surface area (Å²) in [5.74, 6) is 0.335. The minimum Gasteiger partial charge on any atom is -0.293 e. The van der Waals surface area contributed by atoms with Gasteiger partial charge in [-0.25, -0.2) is 0 Å². The van der Waals surface area contributed by atoms with E-state index in [1.54, 1.807) is 18.2 Å². The normalized spacial score (nSPS) is 10.5. The molecule has 0 spiro atoms. The van der Waals surface area contributed by atoms with E-state index >= 15 is 0 Å². The van der Waals surface area contributed by atoms with Crippen molar-refractivity contribution in [3.8, 4) is 0 Å². The maximum atomic E-state index is 12.1. The average molecular weight is 311 g/mol. The Bertz CT molecular complexity index is 594. The molecule has 0 radical (unpaired) electrons. The van der Waals surface area contributed by atoms with E-state index in [1.807, 2.05) is 31.2 Å². The number of ketones is 1. The monoisotopic (exact) mass is 310 g/mol. The molecule has 1 nitrogen and oxygen atoms in total. The molecule has 0 N–H and O–H groups in total. The Morgan fingerprint density at radius 3 is 2.47 bits per heavy atom. The van der Waals surface area contributed by atoms with E-state index in [4.69, 9.17) is 23.2 Å². The van der Waals surface area contributed by atoms with Crippen LogP contribution in [0.3, 0.4) is 0 Å². The highest BCUT2D eigenvalue weighted by Gasteiger charge is 2.11. The summed E-state index contributed by atoms with van der Waals surface area (Å²) in [7, 11) is 0. The first-order valence-corrected chi connectivity index (χ1v) is 7.48. The molecule has 0 aliphatic heterocycles. The minimum atomic E-state index is -0.0157. The molecular formula is C15H12Cl2OS. The van der Waals surface area contributed by atoms with E-state index in [0.29, 0.717) is 21.4 Å². The van der Waals surface area contributed by atoms with Gasteiger partial charge in [-0.1, -0.05) is 40.9 Å². The van der Waals surface area contributed by atoms with E-state index in [2.05, 4.69) is 0 Å². The van der Waals surface area contributed by atoms with E-state index in [0.717, 1.165) is 4.90 Å². The molecule has 0 amide bonds. The van der Waals surface area contributed by atoms with E-state index < -0.39 is 0 Å². The van der Waals surface area contributed by atoms with Crippen molar-refractivity contribution < 1.29 is 4.79 Å². The predicted molar refractivity (Wildman–Crippen MR) is 82.7 cm³/mol. The number of carbonyl (C=O) groups is 1. The van der Waals surface area contributed by atoms with Gasteiger partial charge in [0.1, 0.15) is 0 Å². The zero-order valence-electron chi connectivity index (χ0n) is 10.3. The van der Waals surface area contributed by atoms with Gasteiger partial charge in [0.25, 0.3) is 0 Å². The molecule has 0 unspecified atom stereocenters. The molecule has 0 aliphatic carbocycles. The quantitative estimate of drug-likeness (QED) is 0.564. The third kappa shape index (κ3) is 4.00. The van der Waals surface area contributed by atoms with Crippen molar-refractivity contribution in [2.24, 2.45) is 0 Å². The van der Waals surface area contributed by atoms with Crippen LogP contribution >= 0.6 is 35.0 Å². The van der Waals surface area contributed by atoms with Crippen LogP contribution in [0.15, 0.2) is 47.4 Å². The first-order valence-electron chi connectivity index (χ1n) is 5.74. The lowest BCUT2D eigenvalue weighted by molar-refractivity contribution is 0.102. The maximum absolute atomic E-state index is 12.1. The van der Waals surface area contributed by atoms with Crippen molar-refractivity contribution in [3.05, 3.63) is 63.6 Å². The summed E-state index contributed by atoms with van der Waals surface area (Å²) < 4.78 is 0. The lowest BCUT2D eigenvalue weighted by Gasteiger charge is -2.05. The second-order valence-electron chi connectivity index (χ2n) is 4.15. The Balaban J connectivity index is 2.05. The van der Waals surface area contributed by atoms with Gasteiger partial charge in [0.2, 0.25) is 0 Å². The molecule has 0 aromatic heterocycles. The molecule has 2 rings (SSSR count). The summed E-state index contributed by atoms with van der Waals surface area (Å²) in [4.78, 5) is 13.2. The summed E-state index contributed by atoms with van der Waals surface area (Å²) in [6, 6.07) is 13.0. The van der Waals surface area contributed by atoms with Crippen molar-refractivity contribution in [2.75, 3.05) is 5.75 Å². The second kappa shape index (κ2) is 6.47. The summed E-state index contributed by atoms with van der Waals surface area (Å²) in [6.07, 6.45) is 0. The Kier molecular flexibility index (Phi) is 4.92. The Labute approximate surface area is 126 Å². The van der Waals surface area contributed by atoms with Crippen LogP contribution in [0.1, 0.15) is 15.9 Å². The average Bonchev–Trinajstić information content (AvgIpc) is 2.40. The molecule has 4 heteroatoms. The third-order valence-electron chi connectivity index (χ3n) is 2.62. The highest BCUT2D eigenvalue weighted by molar-refractivity contribution is 8.00. The minimum absolute atomic E-state index is 0.0157. The lowest BCUT2D eigenvalue weighted by atomic mass is 10.1. The van der Waals surface area contributed by atoms with Gasteiger partial charge in [-0.2, -0.15) is 0 Å². The Morgan fingerprint density at radius 2 is 1.79 bits per heavy atom. The molecule has 2 aromatic carbocycles. The van der Waals surface area contributed by atoms with Crippen LogP contribution in [0.5, 0.6) is 0 Å². The maximum Gasteiger partial charge on any atom is 0.174 e. The molecule has 19 heavy (non-hydrogen) atoms. The van der Waals surface area contributed by atoms with Crippen LogP contribution in [0, 0.1) is 6.92 Å². The first-order chi connectivity index (χ1) is 9.06. The number of aryl methyl sites for hydroxylation is 1. The predicted octanol–water partition coefficient (Wildman–Crippen LogP) is 5.28. The molecule has 0 fully saturated rings. The molecule has 0 bridgehead atoms. The summed E-state index contributed by atoms with van der Waals surface area (Å²) in [5.41, 5.74) is 1.68. The molecule has 2 aromatic rings.